The van der Waals surface area contributed by atoms with Crippen LogP contribution in [0, 0.1) is 0 Å². The number of ether oxygens (including phenoxy) is 4. The number of anilines is 2. The highest BCUT2D eigenvalue weighted by Crippen LogP contribution is 2.45. The summed E-state index contributed by atoms with van der Waals surface area (Å²) in [4.78, 5) is 23.9. The Balaban J connectivity index is 1.49. The van der Waals surface area contributed by atoms with E-state index in [1.807, 2.05) is 26.2 Å². The summed E-state index contributed by atoms with van der Waals surface area (Å²) in [5.41, 5.74) is 2.71. The smallest absolute Gasteiger partial charge is 0.291 e. The van der Waals surface area contributed by atoms with Crippen LogP contribution >= 0.6 is 0 Å². The molecule has 1 aliphatic carbocycles. The Morgan fingerprint density at radius 2 is 1.77 bits per heavy atom. The van der Waals surface area contributed by atoms with Crippen LogP contribution in [0.25, 0.3) is 0 Å². The third-order valence-electron chi connectivity index (χ3n) is 6.69. The zero-order valence-electron chi connectivity index (χ0n) is 23.6. The molecule has 0 aliphatic heterocycles. The predicted molar refractivity (Wildman–Crippen MR) is 148 cm³/mol. The Hall–Kier alpha value is -3.99. The molecule has 0 unspecified atom stereocenters. The highest BCUT2D eigenvalue weighted by atomic mass is 16.6. The number of amides is 1. The molecular weight excluding hydrogens is 502 g/mol. The van der Waals surface area contributed by atoms with Crippen LogP contribution in [-0.2, 0) is 11.8 Å². The van der Waals surface area contributed by atoms with Gasteiger partial charge in [0.2, 0.25) is 17.7 Å². The van der Waals surface area contributed by atoms with E-state index in [0.717, 1.165) is 25.8 Å². The normalized spacial score (nSPS) is 13.6. The zero-order valence-corrected chi connectivity index (χ0v) is 23.6. The van der Waals surface area contributed by atoms with Crippen molar-refractivity contribution in [3.8, 4) is 29.2 Å². The molecule has 210 valence electrons. The van der Waals surface area contributed by atoms with Crippen molar-refractivity contribution in [1.82, 2.24) is 14.9 Å². The summed E-state index contributed by atoms with van der Waals surface area (Å²) in [6, 6.07) is 7.11. The van der Waals surface area contributed by atoms with Crippen molar-refractivity contribution in [2.75, 3.05) is 59.1 Å². The number of hydrogen-bond acceptors (Lipinski definition) is 10. The summed E-state index contributed by atoms with van der Waals surface area (Å²) in [5.74, 6) is 1.41. The van der Waals surface area contributed by atoms with Crippen molar-refractivity contribution in [3.63, 3.8) is 0 Å². The molecule has 3 aromatic rings. The first-order valence-electron chi connectivity index (χ1n) is 12.8. The first-order chi connectivity index (χ1) is 18.6. The van der Waals surface area contributed by atoms with Crippen molar-refractivity contribution in [2.45, 2.75) is 38.5 Å². The molecule has 2 aromatic heterocycles. The van der Waals surface area contributed by atoms with Crippen LogP contribution in [-0.4, -0.2) is 69.3 Å². The lowest BCUT2D eigenvalue weighted by atomic mass is 9.86. The van der Waals surface area contributed by atoms with Crippen LogP contribution < -0.4 is 29.6 Å². The average Bonchev–Trinajstić information content (AvgIpc) is 3.50. The van der Waals surface area contributed by atoms with Crippen LogP contribution in [0.1, 0.15) is 48.4 Å². The molecule has 1 aliphatic rings. The summed E-state index contributed by atoms with van der Waals surface area (Å²) in [6.45, 7) is 6.01. The number of aryl methyl sites for hydroxylation is 1. The van der Waals surface area contributed by atoms with Crippen molar-refractivity contribution in [1.29, 1.82) is 0 Å². The third kappa shape index (κ3) is 6.36. The van der Waals surface area contributed by atoms with Crippen molar-refractivity contribution >= 4 is 17.5 Å². The molecule has 2 N–H and O–H groups in total. The number of methoxy groups -OCH3 is 3. The molecule has 11 nitrogen and oxygen atoms in total. The Kier molecular flexibility index (Phi) is 8.49. The van der Waals surface area contributed by atoms with Crippen LogP contribution in [0.15, 0.2) is 28.7 Å². The summed E-state index contributed by atoms with van der Waals surface area (Å²) in [5, 5.41) is 5.88. The maximum atomic E-state index is 13.1. The number of nitrogens with zero attached hydrogens (tertiary/aromatic N) is 3. The fourth-order valence-electron chi connectivity index (χ4n) is 4.54. The van der Waals surface area contributed by atoms with Gasteiger partial charge < -0.3 is 38.9 Å². The monoisotopic (exact) mass is 539 g/mol. The summed E-state index contributed by atoms with van der Waals surface area (Å²) >= 11 is 0. The molecule has 0 saturated carbocycles. The van der Waals surface area contributed by atoms with E-state index < -0.39 is 5.91 Å². The number of hydrogen-bond donors (Lipinski definition) is 2. The number of carbonyl (C=O) groups is 1. The van der Waals surface area contributed by atoms with E-state index in [-0.39, 0.29) is 34.6 Å². The number of nitrogens with one attached hydrogen (secondary N) is 2. The molecule has 39 heavy (non-hydrogen) atoms. The summed E-state index contributed by atoms with van der Waals surface area (Å²) in [6.07, 6.45) is 2.95. The molecule has 0 radical (unpaired) electrons. The van der Waals surface area contributed by atoms with Gasteiger partial charge in [0.15, 0.2) is 22.9 Å². The van der Waals surface area contributed by atoms with Crippen molar-refractivity contribution in [3.05, 3.63) is 41.2 Å². The molecule has 0 bridgehead atoms. The maximum Gasteiger partial charge on any atom is 0.291 e. The minimum Gasteiger partial charge on any atom is -0.493 e. The highest BCUT2D eigenvalue weighted by Gasteiger charge is 2.31. The molecule has 2 heterocycles. The van der Waals surface area contributed by atoms with Gasteiger partial charge in [-0.05, 0) is 74.6 Å². The minimum atomic E-state index is -0.543. The van der Waals surface area contributed by atoms with Crippen LogP contribution in [0.3, 0.4) is 0 Å². The van der Waals surface area contributed by atoms with Gasteiger partial charge in [-0.1, -0.05) is 13.8 Å². The predicted octanol–water partition coefficient (Wildman–Crippen LogP) is 4.73. The standard InChI is InChI=1S/C28H37N5O6/c1-28(2)12-11-17-15-20(35-5)21(16-18(17)28)39-22-10-9-19(38-22)24(34)30-23-25(36-6)31-27(32-26(23)37-7)29-13-8-14-33(3)4/h9-10,15-16H,8,11-14H2,1-7H3,(H,30,34)(H,29,31,32). The number of aromatic nitrogens is 2. The van der Waals surface area contributed by atoms with Crippen LogP contribution in [0.4, 0.5) is 11.6 Å². The Morgan fingerprint density at radius 3 is 2.41 bits per heavy atom. The molecule has 11 heteroatoms. The van der Waals surface area contributed by atoms with Crippen LogP contribution in [0.5, 0.6) is 29.2 Å². The summed E-state index contributed by atoms with van der Waals surface area (Å²) < 4.78 is 28.1. The van der Waals surface area contributed by atoms with E-state index in [1.54, 1.807) is 13.2 Å². The van der Waals surface area contributed by atoms with E-state index in [2.05, 4.69) is 39.3 Å². The van der Waals surface area contributed by atoms with Crippen LogP contribution in [0.2, 0.25) is 0 Å². The second-order valence-electron chi connectivity index (χ2n) is 10.2. The third-order valence-corrected chi connectivity index (χ3v) is 6.69. The second kappa shape index (κ2) is 11.8. The van der Waals surface area contributed by atoms with Gasteiger partial charge in [-0.15, -0.1) is 0 Å². The van der Waals surface area contributed by atoms with Gasteiger partial charge in [0.1, 0.15) is 0 Å². The fourth-order valence-corrected chi connectivity index (χ4v) is 4.54. The van der Waals surface area contributed by atoms with Gasteiger partial charge in [0.05, 0.1) is 21.3 Å². The first-order valence-corrected chi connectivity index (χ1v) is 12.8. The lowest BCUT2D eigenvalue weighted by Crippen LogP contribution is -2.18. The Morgan fingerprint density at radius 1 is 1.05 bits per heavy atom. The molecular formula is C28H37N5O6. The van der Waals surface area contributed by atoms with Gasteiger partial charge >= 0.3 is 0 Å². The second-order valence-corrected chi connectivity index (χ2v) is 10.2. The average molecular weight is 540 g/mol. The lowest BCUT2D eigenvalue weighted by molar-refractivity contribution is 0.0990. The van der Waals surface area contributed by atoms with E-state index in [1.165, 1.54) is 31.4 Å². The molecule has 1 amide bonds. The van der Waals surface area contributed by atoms with E-state index in [4.69, 9.17) is 23.4 Å². The number of carbonyl (C=O) groups excluding carboxylic acids is 1. The molecule has 0 saturated heterocycles. The van der Waals surface area contributed by atoms with Crippen molar-refractivity contribution < 1.29 is 28.2 Å². The Labute approximate surface area is 228 Å². The van der Waals surface area contributed by atoms with E-state index in [9.17, 15) is 4.79 Å². The number of fused-ring (bicyclic) bond motifs is 1. The quantitative estimate of drug-likeness (QED) is 0.313. The van der Waals surface area contributed by atoms with E-state index >= 15 is 0 Å². The Bertz CT molecular complexity index is 1290. The zero-order chi connectivity index (χ0) is 28.2. The van der Waals surface area contributed by atoms with Gasteiger partial charge in [-0.2, -0.15) is 9.97 Å². The molecule has 0 atom stereocenters. The lowest BCUT2D eigenvalue weighted by Gasteiger charge is -2.20. The molecule has 0 spiro atoms. The van der Waals surface area contributed by atoms with Crippen molar-refractivity contribution in [2.24, 2.45) is 0 Å². The first kappa shape index (κ1) is 28.0. The number of rotatable bonds is 12. The maximum absolute atomic E-state index is 13.1. The molecule has 1 aromatic carbocycles. The largest absolute Gasteiger partial charge is 0.493 e. The van der Waals surface area contributed by atoms with Gasteiger partial charge in [-0.3, -0.25) is 4.79 Å². The van der Waals surface area contributed by atoms with Gasteiger partial charge in [0, 0.05) is 12.6 Å². The highest BCUT2D eigenvalue weighted by molar-refractivity contribution is 6.03. The summed E-state index contributed by atoms with van der Waals surface area (Å²) in [7, 11) is 8.54. The molecule has 0 fully saturated rings. The van der Waals surface area contributed by atoms with E-state index in [0.29, 0.717) is 24.0 Å². The minimum absolute atomic E-state index is 0.0282. The number of furan rings is 1. The SMILES string of the molecule is COc1cc2c(cc1Oc1ccc(C(=O)Nc3c(OC)nc(NCCCN(C)C)nc3OC)o1)C(C)(C)CC2. The molecule has 4 rings (SSSR count). The number of benzene rings is 1. The topological polar surface area (TPSA) is 120 Å². The van der Waals surface area contributed by atoms with Gasteiger partial charge in [0.25, 0.3) is 11.9 Å². The fraction of sp³-hybridized carbons (Fsp3) is 0.464. The van der Waals surface area contributed by atoms with Gasteiger partial charge in [-0.25, -0.2) is 0 Å².